The van der Waals surface area contributed by atoms with Crippen molar-refractivity contribution >= 4 is 18.1 Å². The molecule has 16 heavy (non-hydrogen) atoms. The largest absolute Gasteiger partial charge is 0.465 e. The second-order valence-corrected chi connectivity index (χ2v) is 3.74. The molecule has 92 valence electrons. The van der Waals surface area contributed by atoms with Crippen LogP contribution in [-0.4, -0.2) is 41.2 Å². The third-order valence-electron chi connectivity index (χ3n) is 2.28. The van der Waals surface area contributed by atoms with Crippen LogP contribution in [0.3, 0.4) is 0 Å². The zero-order valence-electron chi connectivity index (χ0n) is 9.74. The Hall–Kier alpha value is -1.39. The topological polar surface area (TPSA) is 81.5 Å². The van der Waals surface area contributed by atoms with Gasteiger partial charge in [-0.2, -0.15) is 0 Å². The van der Waals surface area contributed by atoms with E-state index < -0.39 is 6.09 Å². The number of carboxylic acid groups (broad SMARTS) is 1. The highest BCUT2D eigenvalue weighted by molar-refractivity contribution is 5.86. The molecule has 0 unspecified atom stereocenters. The summed E-state index contributed by atoms with van der Waals surface area (Å²) in [6, 6.07) is 0. The number of hydrogen-bond acceptors (Lipinski definition) is 3. The van der Waals surface area contributed by atoms with Gasteiger partial charge in [0.15, 0.2) is 0 Å². The molecule has 0 fully saturated rings. The second-order valence-electron chi connectivity index (χ2n) is 3.74. The molecule has 0 saturated carbocycles. The number of nitrogens with zero attached hydrogens (tertiary/aromatic N) is 1. The van der Waals surface area contributed by atoms with Crippen molar-refractivity contribution in [2.24, 2.45) is 0 Å². The molecule has 0 rings (SSSR count). The van der Waals surface area contributed by atoms with Gasteiger partial charge in [0.25, 0.3) is 0 Å². The molecule has 0 radical (unpaired) electrons. The van der Waals surface area contributed by atoms with Gasteiger partial charge in [0.05, 0.1) is 13.1 Å². The highest BCUT2D eigenvalue weighted by Gasteiger charge is 2.12. The van der Waals surface area contributed by atoms with Crippen LogP contribution in [0.5, 0.6) is 0 Å². The average molecular weight is 228 g/mol. The van der Waals surface area contributed by atoms with Gasteiger partial charge in [-0.3, -0.25) is 4.90 Å². The number of aldehydes is 1. The summed E-state index contributed by atoms with van der Waals surface area (Å²) in [7, 11) is 0. The fourth-order valence-electron chi connectivity index (χ4n) is 1.37. The zero-order chi connectivity index (χ0) is 12.4. The number of carbonyl (C=O) groups excluding carboxylic acids is 1. The lowest BCUT2D eigenvalue weighted by Gasteiger charge is -2.16. The maximum atomic E-state index is 10.7. The first kappa shape index (κ1) is 14.6. The van der Waals surface area contributed by atoms with Gasteiger partial charge in [0, 0.05) is 5.71 Å². The summed E-state index contributed by atoms with van der Waals surface area (Å²) in [6.45, 7) is 1.99. The Labute approximate surface area is 96.0 Å². The van der Waals surface area contributed by atoms with Gasteiger partial charge in [-0.25, -0.2) is 4.79 Å². The maximum absolute atomic E-state index is 10.7. The smallest absolute Gasteiger partial charge is 0.408 e. The predicted molar refractivity (Wildman–Crippen MR) is 62.1 cm³/mol. The molecule has 0 aliphatic heterocycles. The SMILES string of the molecule is CCCCCCC(=N)CN(CC=O)C(=O)O. The number of unbranched alkanes of at least 4 members (excludes halogenated alkanes) is 3. The second kappa shape index (κ2) is 8.88. The molecule has 0 saturated heterocycles. The molecule has 0 bridgehead atoms. The van der Waals surface area contributed by atoms with Crippen molar-refractivity contribution in [3.05, 3.63) is 0 Å². The van der Waals surface area contributed by atoms with E-state index in [1.807, 2.05) is 0 Å². The van der Waals surface area contributed by atoms with Gasteiger partial charge in [0.2, 0.25) is 0 Å². The number of amides is 1. The quantitative estimate of drug-likeness (QED) is 0.360. The van der Waals surface area contributed by atoms with Crippen molar-refractivity contribution in [2.75, 3.05) is 13.1 Å². The lowest BCUT2D eigenvalue weighted by atomic mass is 10.1. The van der Waals surface area contributed by atoms with Crippen molar-refractivity contribution in [1.29, 1.82) is 5.41 Å². The zero-order valence-corrected chi connectivity index (χ0v) is 9.74. The molecule has 5 heteroatoms. The van der Waals surface area contributed by atoms with Crippen molar-refractivity contribution in [3.63, 3.8) is 0 Å². The molecule has 0 aliphatic carbocycles. The molecule has 0 spiro atoms. The van der Waals surface area contributed by atoms with Gasteiger partial charge in [0.1, 0.15) is 6.29 Å². The highest BCUT2D eigenvalue weighted by atomic mass is 16.4. The van der Waals surface area contributed by atoms with E-state index in [1.165, 1.54) is 0 Å². The molecule has 2 N–H and O–H groups in total. The normalized spacial score (nSPS) is 9.81. The highest BCUT2D eigenvalue weighted by Crippen LogP contribution is 2.04. The molecule has 0 heterocycles. The van der Waals surface area contributed by atoms with E-state index in [9.17, 15) is 9.59 Å². The van der Waals surface area contributed by atoms with Crippen LogP contribution in [0.25, 0.3) is 0 Å². The molecular weight excluding hydrogens is 208 g/mol. The summed E-state index contributed by atoms with van der Waals surface area (Å²) >= 11 is 0. The molecule has 0 aromatic carbocycles. The molecule has 1 amide bonds. The van der Waals surface area contributed by atoms with E-state index >= 15 is 0 Å². The van der Waals surface area contributed by atoms with Crippen LogP contribution in [0.15, 0.2) is 0 Å². The average Bonchev–Trinajstić information content (AvgIpc) is 2.23. The summed E-state index contributed by atoms with van der Waals surface area (Å²) in [5, 5.41) is 16.3. The van der Waals surface area contributed by atoms with E-state index in [1.54, 1.807) is 0 Å². The Morgan fingerprint density at radius 3 is 2.56 bits per heavy atom. The Kier molecular flexibility index (Phi) is 8.11. The molecule has 5 nitrogen and oxygen atoms in total. The third kappa shape index (κ3) is 6.98. The number of hydrogen-bond donors (Lipinski definition) is 2. The fourth-order valence-corrected chi connectivity index (χ4v) is 1.37. The molecule has 0 atom stereocenters. The van der Waals surface area contributed by atoms with Gasteiger partial charge >= 0.3 is 6.09 Å². The number of carbonyl (C=O) groups is 2. The van der Waals surface area contributed by atoms with Gasteiger partial charge in [-0.1, -0.05) is 26.2 Å². The van der Waals surface area contributed by atoms with E-state index in [0.29, 0.717) is 18.4 Å². The van der Waals surface area contributed by atoms with Crippen LogP contribution < -0.4 is 0 Å². The van der Waals surface area contributed by atoms with E-state index in [0.717, 1.165) is 30.6 Å². The molecule has 0 aliphatic rings. The van der Waals surface area contributed by atoms with E-state index in [4.69, 9.17) is 10.5 Å². The third-order valence-corrected chi connectivity index (χ3v) is 2.28. The monoisotopic (exact) mass is 228 g/mol. The van der Waals surface area contributed by atoms with Crippen LogP contribution in [0.1, 0.15) is 39.0 Å². The van der Waals surface area contributed by atoms with Crippen molar-refractivity contribution < 1.29 is 14.7 Å². The molecule has 0 aromatic heterocycles. The first-order valence-corrected chi connectivity index (χ1v) is 5.59. The summed E-state index contributed by atoms with van der Waals surface area (Å²) in [5.41, 5.74) is 0.375. The van der Waals surface area contributed by atoms with Gasteiger partial charge < -0.3 is 15.3 Å². The Morgan fingerprint density at radius 1 is 1.38 bits per heavy atom. The van der Waals surface area contributed by atoms with Crippen LogP contribution in [0.4, 0.5) is 4.79 Å². The number of nitrogens with one attached hydrogen (secondary N) is 1. The van der Waals surface area contributed by atoms with Crippen LogP contribution in [0, 0.1) is 5.41 Å². The van der Waals surface area contributed by atoms with E-state index in [-0.39, 0.29) is 13.1 Å². The van der Waals surface area contributed by atoms with Crippen LogP contribution >= 0.6 is 0 Å². The lowest BCUT2D eigenvalue weighted by molar-refractivity contribution is -0.108. The summed E-state index contributed by atoms with van der Waals surface area (Å²) < 4.78 is 0. The summed E-state index contributed by atoms with van der Waals surface area (Å²) in [4.78, 5) is 21.9. The first-order valence-electron chi connectivity index (χ1n) is 5.59. The standard InChI is InChI=1S/C11H20N2O3/c1-2-3-4-5-6-10(12)9-13(7-8-14)11(15)16/h8,12H,2-7,9H2,1H3,(H,15,16). The van der Waals surface area contributed by atoms with Crippen molar-refractivity contribution in [2.45, 2.75) is 39.0 Å². The minimum Gasteiger partial charge on any atom is -0.465 e. The maximum Gasteiger partial charge on any atom is 0.408 e. The summed E-state index contributed by atoms with van der Waals surface area (Å²) in [6.07, 6.45) is 4.27. The molecule has 0 aromatic rings. The Bertz CT molecular complexity index is 241. The lowest BCUT2D eigenvalue weighted by Crippen LogP contribution is -2.35. The van der Waals surface area contributed by atoms with Gasteiger partial charge in [-0.05, 0) is 12.8 Å². The van der Waals surface area contributed by atoms with Crippen LogP contribution in [0.2, 0.25) is 0 Å². The first-order chi connectivity index (χ1) is 7.61. The Morgan fingerprint density at radius 2 is 2.06 bits per heavy atom. The Balaban J connectivity index is 3.81. The summed E-state index contributed by atoms with van der Waals surface area (Å²) in [5.74, 6) is 0. The van der Waals surface area contributed by atoms with Gasteiger partial charge in [-0.15, -0.1) is 0 Å². The molecular formula is C11H20N2O3. The van der Waals surface area contributed by atoms with E-state index in [2.05, 4.69) is 6.92 Å². The minimum atomic E-state index is -1.15. The fraction of sp³-hybridized carbons (Fsp3) is 0.727. The van der Waals surface area contributed by atoms with Crippen LogP contribution in [-0.2, 0) is 4.79 Å². The number of rotatable bonds is 9. The van der Waals surface area contributed by atoms with Crippen molar-refractivity contribution in [1.82, 2.24) is 4.90 Å². The van der Waals surface area contributed by atoms with Crippen molar-refractivity contribution in [3.8, 4) is 0 Å². The minimum absolute atomic E-state index is 0.0419. The predicted octanol–water partition coefficient (Wildman–Crippen LogP) is 2.16.